The fourth-order valence-electron chi connectivity index (χ4n) is 2.57. The van der Waals surface area contributed by atoms with Crippen LogP contribution in [0, 0.1) is 0 Å². The van der Waals surface area contributed by atoms with Crippen LogP contribution in [0.25, 0.3) is 0 Å². The molecule has 5 nitrogen and oxygen atoms in total. The summed E-state index contributed by atoms with van der Waals surface area (Å²) in [4.78, 5) is 14.0. The van der Waals surface area contributed by atoms with E-state index in [1.165, 1.54) is 11.3 Å². The number of nitrogens with one attached hydrogen (secondary N) is 2. The third-order valence-electron chi connectivity index (χ3n) is 3.85. The first-order valence-electron chi connectivity index (χ1n) is 6.97. The van der Waals surface area contributed by atoms with Crippen molar-refractivity contribution in [2.75, 3.05) is 20.6 Å². The number of nitrogens with zero attached hydrogens (tertiary/aromatic N) is 1. The predicted molar refractivity (Wildman–Crippen MR) is 80.9 cm³/mol. The van der Waals surface area contributed by atoms with E-state index in [1.807, 2.05) is 16.8 Å². The highest BCUT2D eigenvalue weighted by atomic mass is 32.1. The minimum atomic E-state index is -0.634. The number of hydrogen-bond acceptors (Lipinski definition) is 4. The van der Waals surface area contributed by atoms with E-state index in [1.54, 1.807) is 0 Å². The summed E-state index contributed by atoms with van der Waals surface area (Å²) in [7, 11) is 4.15. The van der Waals surface area contributed by atoms with Crippen molar-refractivity contribution < 1.29 is 9.90 Å². The summed E-state index contributed by atoms with van der Waals surface area (Å²) < 4.78 is 0. The lowest BCUT2D eigenvalue weighted by molar-refractivity contribution is 0.173. The lowest BCUT2D eigenvalue weighted by atomic mass is 10.2. The van der Waals surface area contributed by atoms with E-state index >= 15 is 0 Å². The van der Waals surface area contributed by atoms with Gasteiger partial charge < -0.3 is 20.6 Å². The largest absolute Gasteiger partial charge is 0.387 e. The SMILES string of the molecule is CN(C)C1CCC(NC(=O)NCC(O)c2ccsc2)C1. The zero-order valence-electron chi connectivity index (χ0n) is 12.0. The van der Waals surface area contributed by atoms with Gasteiger partial charge in [-0.25, -0.2) is 4.79 Å². The summed E-state index contributed by atoms with van der Waals surface area (Å²) >= 11 is 1.54. The highest BCUT2D eigenvalue weighted by Crippen LogP contribution is 2.22. The molecule has 3 atom stereocenters. The molecule has 112 valence electrons. The molecule has 1 aliphatic rings. The maximum Gasteiger partial charge on any atom is 0.315 e. The molecule has 6 heteroatoms. The Balaban J connectivity index is 1.68. The van der Waals surface area contributed by atoms with E-state index in [4.69, 9.17) is 0 Å². The number of thiophene rings is 1. The Kier molecular flexibility index (Phi) is 5.39. The summed E-state index contributed by atoms with van der Waals surface area (Å²) in [6.45, 7) is 0.242. The average molecular weight is 297 g/mol. The van der Waals surface area contributed by atoms with Crippen LogP contribution in [0.1, 0.15) is 30.9 Å². The Hall–Kier alpha value is -1.11. The third kappa shape index (κ3) is 4.19. The summed E-state index contributed by atoms with van der Waals surface area (Å²) in [5.74, 6) is 0. The van der Waals surface area contributed by atoms with Gasteiger partial charge in [0.1, 0.15) is 0 Å². The molecule has 1 aromatic heterocycles. The molecule has 0 saturated heterocycles. The van der Waals surface area contributed by atoms with Crippen molar-refractivity contribution >= 4 is 17.4 Å². The van der Waals surface area contributed by atoms with E-state index in [0.717, 1.165) is 24.8 Å². The van der Waals surface area contributed by atoms with Crippen molar-refractivity contribution in [2.24, 2.45) is 0 Å². The summed E-state index contributed by atoms with van der Waals surface area (Å²) in [6, 6.07) is 2.47. The first kappa shape index (κ1) is 15.3. The van der Waals surface area contributed by atoms with Crippen molar-refractivity contribution in [1.29, 1.82) is 0 Å². The van der Waals surface area contributed by atoms with E-state index in [0.29, 0.717) is 6.04 Å². The quantitative estimate of drug-likeness (QED) is 0.773. The van der Waals surface area contributed by atoms with E-state index in [-0.39, 0.29) is 18.6 Å². The van der Waals surface area contributed by atoms with Gasteiger partial charge in [-0.2, -0.15) is 11.3 Å². The van der Waals surface area contributed by atoms with Crippen LogP contribution in [0.2, 0.25) is 0 Å². The summed E-state index contributed by atoms with van der Waals surface area (Å²) in [5, 5.41) is 19.4. The number of amides is 2. The fourth-order valence-corrected chi connectivity index (χ4v) is 3.27. The Labute approximate surface area is 124 Å². The van der Waals surface area contributed by atoms with Gasteiger partial charge in [0.2, 0.25) is 0 Å². The topological polar surface area (TPSA) is 64.6 Å². The van der Waals surface area contributed by atoms with E-state index < -0.39 is 6.10 Å². The number of aliphatic hydroxyl groups excluding tert-OH is 1. The van der Waals surface area contributed by atoms with Gasteiger partial charge in [0, 0.05) is 18.6 Å². The molecule has 3 unspecified atom stereocenters. The normalized spacial score (nSPS) is 23.8. The van der Waals surface area contributed by atoms with Gasteiger partial charge in [-0.05, 0) is 55.7 Å². The summed E-state index contributed by atoms with van der Waals surface area (Å²) in [5.41, 5.74) is 0.851. The number of rotatable bonds is 5. The molecule has 3 N–H and O–H groups in total. The zero-order valence-corrected chi connectivity index (χ0v) is 12.8. The van der Waals surface area contributed by atoms with Crippen LogP contribution >= 0.6 is 11.3 Å². The minimum absolute atomic E-state index is 0.191. The number of carbonyl (C=O) groups excluding carboxylic acids is 1. The second kappa shape index (κ2) is 7.06. The van der Waals surface area contributed by atoms with Gasteiger partial charge in [0.05, 0.1) is 6.10 Å². The maximum atomic E-state index is 11.8. The van der Waals surface area contributed by atoms with Crippen LogP contribution < -0.4 is 10.6 Å². The molecule has 1 saturated carbocycles. The first-order chi connectivity index (χ1) is 9.56. The van der Waals surface area contributed by atoms with E-state index in [9.17, 15) is 9.90 Å². The Morgan fingerprint density at radius 3 is 2.95 bits per heavy atom. The third-order valence-corrected chi connectivity index (χ3v) is 4.56. The van der Waals surface area contributed by atoms with Gasteiger partial charge in [-0.3, -0.25) is 0 Å². The molecule has 2 rings (SSSR count). The van der Waals surface area contributed by atoms with Gasteiger partial charge in [-0.15, -0.1) is 0 Å². The summed E-state index contributed by atoms with van der Waals surface area (Å²) in [6.07, 6.45) is 2.50. The van der Waals surface area contributed by atoms with Crippen molar-refractivity contribution in [2.45, 2.75) is 37.5 Å². The molecule has 0 radical (unpaired) electrons. The van der Waals surface area contributed by atoms with Crippen molar-refractivity contribution in [3.05, 3.63) is 22.4 Å². The molecular weight excluding hydrogens is 274 g/mol. The molecule has 1 fully saturated rings. The molecule has 1 aliphatic carbocycles. The Bertz CT molecular complexity index is 422. The van der Waals surface area contributed by atoms with Crippen molar-refractivity contribution in [3.63, 3.8) is 0 Å². The minimum Gasteiger partial charge on any atom is -0.387 e. The van der Waals surface area contributed by atoms with Crippen LogP contribution in [-0.2, 0) is 0 Å². The number of carbonyl (C=O) groups is 1. The molecular formula is C14H23N3O2S. The molecule has 0 aliphatic heterocycles. The van der Waals surface area contributed by atoms with Gasteiger partial charge >= 0.3 is 6.03 Å². The molecule has 0 spiro atoms. The van der Waals surface area contributed by atoms with Crippen LogP contribution in [0.3, 0.4) is 0 Å². The number of urea groups is 1. The standard InChI is InChI=1S/C14H23N3O2S/c1-17(2)12-4-3-11(7-12)16-14(19)15-8-13(18)10-5-6-20-9-10/h5-6,9,11-13,18H,3-4,7-8H2,1-2H3,(H2,15,16,19). The molecule has 1 heterocycles. The Morgan fingerprint density at radius 1 is 1.55 bits per heavy atom. The van der Waals surface area contributed by atoms with Gasteiger partial charge in [-0.1, -0.05) is 0 Å². The highest BCUT2D eigenvalue weighted by molar-refractivity contribution is 7.07. The second-order valence-corrected chi connectivity index (χ2v) is 6.33. The monoisotopic (exact) mass is 297 g/mol. The van der Waals surface area contributed by atoms with Gasteiger partial charge in [0.15, 0.2) is 0 Å². The lowest BCUT2D eigenvalue weighted by Crippen LogP contribution is -2.43. The lowest BCUT2D eigenvalue weighted by Gasteiger charge is -2.19. The average Bonchev–Trinajstić information content (AvgIpc) is 3.06. The molecule has 0 bridgehead atoms. The number of aliphatic hydroxyl groups is 1. The molecule has 2 amide bonds. The Morgan fingerprint density at radius 2 is 2.35 bits per heavy atom. The van der Waals surface area contributed by atoms with Crippen molar-refractivity contribution in [1.82, 2.24) is 15.5 Å². The van der Waals surface area contributed by atoms with Crippen LogP contribution in [0.4, 0.5) is 4.79 Å². The fraction of sp³-hybridized carbons (Fsp3) is 0.643. The maximum absolute atomic E-state index is 11.8. The van der Waals surface area contributed by atoms with Crippen LogP contribution in [0.15, 0.2) is 16.8 Å². The van der Waals surface area contributed by atoms with Crippen molar-refractivity contribution in [3.8, 4) is 0 Å². The molecule has 20 heavy (non-hydrogen) atoms. The first-order valence-corrected chi connectivity index (χ1v) is 7.91. The van der Waals surface area contributed by atoms with Crippen LogP contribution in [-0.4, -0.2) is 48.8 Å². The number of hydrogen-bond donors (Lipinski definition) is 3. The predicted octanol–water partition coefficient (Wildman–Crippen LogP) is 1.56. The second-order valence-electron chi connectivity index (χ2n) is 5.55. The van der Waals surface area contributed by atoms with Crippen LogP contribution in [0.5, 0.6) is 0 Å². The highest BCUT2D eigenvalue weighted by Gasteiger charge is 2.27. The van der Waals surface area contributed by atoms with Gasteiger partial charge in [0.25, 0.3) is 0 Å². The van der Waals surface area contributed by atoms with E-state index in [2.05, 4.69) is 29.6 Å². The molecule has 0 aromatic carbocycles. The molecule has 1 aromatic rings. The smallest absolute Gasteiger partial charge is 0.315 e. The zero-order chi connectivity index (χ0) is 14.5.